The molecule has 8 N–H and O–H groups in total. The number of nitrogens with one attached hydrogen (secondary N) is 8. The van der Waals surface area contributed by atoms with E-state index >= 15 is 0 Å². The average molecular weight is 641 g/mol. The first-order valence-corrected chi connectivity index (χ1v) is 14.7. The number of nitrogens with zero attached hydrogens (tertiary/aromatic N) is 4. The van der Waals surface area contributed by atoms with E-state index in [1.165, 1.54) is 18.2 Å². The number of H-pyrrole nitrogens is 2. The van der Waals surface area contributed by atoms with E-state index in [9.17, 15) is 28.8 Å². The van der Waals surface area contributed by atoms with Crippen LogP contribution in [0, 0.1) is 19.8 Å². The second-order valence-electron chi connectivity index (χ2n) is 10.6. The van der Waals surface area contributed by atoms with Crippen molar-refractivity contribution in [3.8, 4) is 0 Å². The number of aryl methyl sites for hydroxylation is 2. The number of amidine groups is 1. The number of aromatic nitrogens is 4. The fourth-order valence-corrected chi connectivity index (χ4v) is 4.31. The first kappa shape index (κ1) is 35.1. The van der Waals surface area contributed by atoms with Gasteiger partial charge in [0.05, 0.1) is 0 Å². The third kappa shape index (κ3) is 12.7. The predicted molar refractivity (Wildman–Crippen MR) is 171 cm³/mol. The minimum atomic E-state index is -0.580. The molecule has 3 heterocycles. The van der Waals surface area contributed by atoms with Gasteiger partial charge in [-0.15, -0.1) is 0 Å². The fraction of sp³-hybridized carbons (Fsp3) is 0.464. The van der Waals surface area contributed by atoms with Crippen LogP contribution in [0.5, 0.6) is 0 Å². The summed E-state index contributed by atoms with van der Waals surface area (Å²) in [6, 6.07) is 0.978. The molecule has 1 aliphatic heterocycles. The Kier molecular flexibility index (Phi) is 13.1. The Balaban J connectivity index is 1.52. The van der Waals surface area contributed by atoms with Gasteiger partial charge in [0.15, 0.2) is 5.78 Å². The van der Waals surface area contributed by atoms with E-state index < -0.39 is 29.2 Å². The lowest BCUT2D eigenvalue weighted by molar-refractivity contribution is -0.117. The van der Waals surface area contributed by atoms with Crippen molar-refractivity contribution >= 4 is 41.6 Å². The summed E-state index contributed by atoms with van der Waals surface area (Å²) in [6.45, 7) is 8.43. The van der Waals surface area contributed by atoms with E-state index in [0.717, 1.165) is 0 Å². The summed E-state index contributed by atoms with van der Waals surface area (Å²) in [5.74, 6) is 0.315. The highest BCUT2D eigenvalue weighted by atomic mass is 16.2. The monoisotopic (exact) mass is 640 g/mol. The molecule has 248 valence electrons. The molecule has 0 saturated heterocycles. The molecule has 2 aromatic heterocycles. The van der Waals surface area contributed by atoms with Crippen LogP contribution in [-0.4, -0.2) is 93.8 Å². The Hall–Kier alpha value is -5.39. The van der Waals surface area contributed by atoms with Crippen molar-refractivity contribution in [1.82, 2.24) is 46.1 Å². The largest absolute Gasteiger partial charge is 0.337 e. The molecule has 1 aliphatic rings. The summed E-state index contributed by atoms with van der Waals surface area (Å²) >= 11 is 0. The van der Waals surface area contributed by atoms with Gasteiger partial charge in [-0.05, 0) is 27.2 Å². The maximum atomic E-state index is 12.6. The number of urea groups is 3. The lowest BCUT2D eigenvalue weighted by Gasteiger charge is -2.23. The fourth-order valence-electron chi connectivity index (χ4n) is 4.31. The van der Waals surface area contributed by atoms with Crippen LogP contribution in [-0.2, 0) is 4.79 Å². The van der Waals surface area contributed by atoms with Gasteiger partial charge >= 0.3 is 18.1 Å². The molecule has 1 unspecified atom stereocenters. The van der Waals surface area contributed by atoms with Gasteiger partial charge in [-0.2, -0.15) is 0 Å². The normalized spacial score (nSPS) is 15.8. The van der Waals surface area contributed by atoms with E-state index in [2.05, 4.69) is 56.8 Å². The highest BCUT2D eigenvalue weighted by Gasteiger charge is 2.17. The molecule has 0 bridgehead atoms. The van der Waals surface area contributed by atoms with Crippen molar-refractivity contribution in [1.29, 1.82) is 0 Å². The second kappa shape index (κ2) is 17.2. The van der Waals surface area contributed by atoms with Crippen LogP contribution in [0.4, 0.5) is 26.3 Å². The van der Waals surface area contributed by atoms with E-state index in [4.69, 9.17) is 0 Å². The Morgan fingerprint density at radius 1 is 0.783 bits per heavy atom. The SMILES string of the molecule is C/C1=C/C(=O)C(C)CCC(NC(=O)NCCN(CCNC(=O)Nc2nc(C)cc(=O)[nH]2)CCNC(=O)Nc2nc(C)cc(=O)[nH]2)=N1. The number of aromatic amines is 2. The van der Waals surface area contributed by atoms with Crippen molar-refractivity contribution in [2.75, 3.05) is 49.9 Å². The van der Waals surface area contributed by atoms with Crippen LogP contribution >= 0.6 is 0 Å². The molecule has 18 heteroatoms. The minimum Gasteiger partial charge on any atom is -0.337 e. The van der Waals surface area contributed by atoms with E-state index in [1.807, 2.05) is 11.8 Å². The summed E-state index contributed by atoms with van der Waals surface area (Å²) in [7, 11) is 0. The predicted octanol–water partition coefficient (Wildman–Crippen LogP) is 0.316. The molecular weight excluding hydrogens is 600 g/mol. The number of hydrogen-bond acceptors (Lipinski definition) is 10. The summed E-state index contributed by atoms with van der Waals surface area (Å²) < 4.78 is 0. The smallest absolute Gasteiger partial charge is 0.321 e. The van der Waals surface area contributed by atoms with Crippen LogP contribution in [0.3, 0.4) is 0 Å². The number of ketones is 1. The van der Waals surface area contributed by atoms with Crippen LogP contribution in [0.15, 0.2) is 38.5 Å². The number of aliphatic imine (C=N–C) groups is 1. The number of carbonyl (C=O) groups excluding carboxylic acids is 4. The molecule has 3 rings (SSSR count). The van der Waals surface area contributed by atoms with Crippen molar-refractivity contribution in [3.63, 3.8) is 0 Å². The zero-order valence-corrected chi connectivity index (χ0v) is 26.2. The standard InChI is InChI=1S/C28H40N12O6/c1-16-5-6-21(32-17(2)13-20(16)41)35-26(44)29-7-10-40(11-8-30-27(45)38-24-33-18(3)14-22(42)36-24)12-9-31-28(46)39-25-34-19(4)15-23(43)37-25/h13-16H,5-12H2,1-4H3,(H2,29,32,35,44)(H3,30,33,36,38,42,45)(H3,31,34,37,39,43,46)/b17-13-. The van der Waals surface area contributed by atoms with Gasteiger partial charge in [-0.1, -0.05) is 6.92 Å². The lowest BCUT2D eigenvalue weighted by atomic mass is 9.98. The molecule has 18 nitrogen and oxygen atoms in total. The molecule has 6 amide bonds. The molecule has 0 saturated carbocycles. The van der Waals surface area contributed by atoms with Gasteiger partial charge in [0.25, 0.3) is 11.1 Å². The maximum Gasteiger partial charge on any atom is 0.321 e. The Bertz CT molecular complexity index is 1520. The lowest BCUT2D eigenvalue weighted by Crippen LogP contribution is -2.46. The molecular formula is C28H40N12O6. The number of hydrogen-bond donors (Lipinski definition) is 8. The molecule has 0 aromatic carbocycles. The number of allylic oxidation sites excluding steroid dienone is 2. The average Bonchev–Trinajstić information content (AvgIpc) is 2.93. The van der Waals surface area contributed by atoms with Crippen molar-refractivity contribution in [3.05, 3.63) is 56.0 Å². The van der Waals surface area contributed by atoms with Crippen LogP contribution in [0.2, 0.25) is 0 Å². The van der Waals surface area contributed by atoms with Crippen molar-refractivity contribution in [2.24, 2.45) is 10.9 Å². The zero-order valence-electron chi connectivity index (χ0n) is 26.2. The van der Waals surface area contributed by atoms with Gasteiger partial charge in [0.1, 0.15) is 5.84 Å². The molecule has 0 radical (unpaired) electrons. The molecule has 0 aliphatic carbocycles. The Morgan fingerprint density at radius 2 is 1.24 bits per heavy atom. The quantitative estimate of drug-likeness (QED) is 0.168. The summed E-state index contributed by atoms with van der Waals surface area (Å²) in [6.07, 6.45) is 2.47. The highest BCUT2D eigenvalue weighted by molar-refractivity contribution is 6.00. The van der Waals surface area contributed by atoms with Gasteiger partial charge < -0.3 is 16.0 Å². The molecule has 46 heavy (non-hydrogen) atoms. The third-order valence-electron chi connectivity index (χ3n) is 6.56. The zero-order chi connectivity index (χ0) is 33.6. The van der Waals surface area contributed by atoms with E-state index in [-0.39, 0.29) is 43.2 Å². The molecule has 2 aromatic rings. The van der Waals surface area contributed by atoms with Crippen LogP contribution in [0.25, 0.3) is 0 Å². The van der Waals surface area contributed by atoms with Gasteiger partial charge in [0, 0.05) is 86.9 Å². The Morgan fingerprint density at radius 3 is 1.70 bits per heavy atom. The molecule has 0 spiro atoms. The number of rotatable bonds is 11. The van der Waals surface area contributed by atoms with Gasteiger partial charge in [-0.3, -0.25) is 45.2 Å². The first-order valence-electron chi connectivity index (χ1n) is 14.7. The molecule has 1 atom stereocenters. The van der Waals surface area contributed by atoms with Crippen molar-refractivity contribution in [2.45, 2.75) is 40.5 Å². The topological polar surface area (TPSA) is 248 Å². The molecule has 0 fully saturated rings. The number of anilines is 2. The third-order valence-corrected chi connectivity index (χ3v) is 6.56. The van der Waals surface area contributed by atoms with Gasteiger partial charge in [-0.25, -0.2) is 29.3 Å². The van der Waals surface area contributed by atoms with Crippen LogP contribution in [0.1, 0.15) is 38.1 Å². The number of amides is 6. The summed E-state index contributed by atoms with van der Waals surface area (Å²) in [5, 5.41) is 15.8. The summed E-state index contributed by atoms with van der Waals surface area (Å²) in [4.78, 5) is 91.7. The van der Waals surface area contributed by atoms with Crippen LogP contribution < -0.4 is 43.0 Å². The highest BCUT2D eigenvalue weighted by Crippen LogP contribution is 2.14. The first-order chi connectivity index (χ1) is 21.9. The second-order valence-corrected chi connectivity index (χ2v) is 10.6. The van der Waals surface area contributed by atoms with Gasteiger partial charge in [0.2, 0.25) is 11.9 Å². The number of carbonyl (C=O) groups is 4. The van der Waals surface area contributed by atoms with E-state index in [1.54, 1.807) is 20.8 Å². The van der Waals surface area contributed by atoms with E-state index in [0.29, 0.717) is 55.4 Å². The Labute approximate surface area is 264 Å². The maximum absolute atomic E-state index is 12.6. The minimum absolute atomic E-state index is 0.00676. The van der Waals surface area contributed by atoms with Crippen molar-refractivity contribution < 1.29 is 19.2 Å². The summed E-state index contributed by atoms with van der Waals surface area (Å²) in [5.41, 5.74) is 0.607.